The number of thiocarbonyl (C=S) groups is 1. The van der Waals surface area contributed by atoms with Crippen molar-refractivity contribution in [3.63, 3.8) is 0 Å². The molecule has 34 heavy (non-hydrogen) atoms. The molecule has 0 aliphatic rings. The van der Waals surface area contributed by atoms with Crippen molar-refractivity contribution in [2.24, 2.45) is 0 Å². The molecule has 0 bridgehead atoms. The van der Waals surface area contributed by atoms with Gasteiger partial charge in [-0.1, -0.05) is 83.1 Å². The van der Waals surface area contributed by atoms with Crippen molar-refractivity contribution in [2.45, 2.75) is 115 Å². The van der Waals surface area contributed by atoms with Gasteiger partial charge in [0.2, 0.25) is 4.38 Å². The van der Waals surface area contributed by atoms with Crippen molar-refractivity contribution < 1.29 is 15.3 Å². The number of aliphatic hydroxyl groups is 1. The summed E-state index contributed by atoms with van der Waals surface area (Å²) in [4.78, 5) is 1.81. The quantitative estimate of drug-likeness (QED) is 0.244. The lowest BCUT2D eigenvalue weighted by Gasteiger charge is -2.32. The van der Waals surface area contributed by atoms with Crippen molar-refractivity contribution in [1.29, 1.82) is 0 Å². The molecule has 190 valence electrons. The van der Waals surface area contributed by atoms with E-state index in [0.29, 0.717) is 11.5 Å². The van der Waals surface area contributed by atoms with Crippen LogP contribution in [0.3, 0.4) is 0 Å². The zero-order chi connectivity index (χ0) is 26.6. The molecule has 0 radical (unpaired) electrons. The highest BCUT2D eigenvalue weighted by atomic mass is 32.2. The molecule has 0 aliphatic heterocycles. The lowest BCUT2D eigenvalue weighted by molar-refractivity contribution is 0.421. The van der Waals surface area contributed by atoms with E-state index in [4.69, 9.17) is 12.2 Å². The molecule has 5 heteroatoms. The molecule has 0 aromatic heterocycles. The second kappa shape index (κ2) is 9.05. The van der Waals surface area contributed by atoms with E-state index >= 15 is 0 Å². The van der Waals surface area contributed by atoms with E-state index in [1.54, 1.807) is 0 Å². The van der Waals surface area contributed by atoms with Gasteiger partial charge in [-0.3, -0.25) is 0 Å². The number of thiol groups is 1. The molecule has 0 heterocycles. The summed E-state index contributed by atoms with van der Waals surface area (Å²) in [5.41, 5.74) is 2.18. The third-order valence-electron chi connectivity index (χ3n) is 6.13. The monoisotopic (exact) mass is 504 g/mol. The zero-order valence-corrected chi connectivity index (χ0v) is 24.7. The minimum atomic E-state index is -1.42. The van der Waals surface area contributed by atoms with E-state index in [1.165, 1.54) is 0 Å². The summed E-state index contributed by atoms with van der Waals surface area (Å²) in [5, 5.41) is 33.3. The standard InChI is InChI=1S/C29H44O3S2/c1-26(2,3)19-13-17(14-20(23(19)30)27(4,5)6)34(25(32)33)18-15-21(28(7,8)9)24(31)22(16-18)29(10,11)12/h13-16,30-31,34H,1-12H3,(H,32,33). The number of phenolic OH excluding ortho intramolecular Hbond substituents is 2. The van der Waals surface area contributed by atoms with Gasteiger partial charge in [-0.05, 0) is 67.9 Å². The van der Waals surface area contributed by atoms with Crippen molar-refractivity contribution in [1.82, 2.24) is 0 Å². The lowest BCUT2D eigenvalue weighted by atomic mass is 9.79. The van der Waals surface area contributed by atoms with Gasteiger partial charge in [0.25, 0.3) is 0 Å². The normalized spacial score (nSPS) is 13.7. The van der Waals surface area contributed by atoms with Crippen LogP contribution in [0.5, 0.6) is 11.5 Å². The average molecular weight is 505 g/mol. The summed E-state index contributed by atoms with van der Waals surface area (Å²) in [6.07, 6.45) is 0. The lowest BCUT2D eigenvalue weighted by Crippen LogP contribution is -2.19. The van der Waals surface area contributed by atoms with Crippen LogP contribution in [0.4, 0.5) is 0 Å². The predicted octanol–water partition coefficient (Wildman–Crippen LogP) is 8.55. The number of benzene rings is 2. The molecule has 0 unspecified atom stereocenters. The molecular weight excluding hydrogens is 460 g/mol. The Balaban J connectivity index is 2.99. The third kappa shape index (κ3) is 5.91. The molecule has 2 aromatic carbocycles. The smallest absolute Gasteiger partial charge is 0.205 e. The van der Waals surface area contributed by atoms with Crippen LogP contribution in [-0.2, 0) is 21.7 Å². The van der Waals surface area contributed by atoms with Crippen LogP contribution < -0.4 is 0 Å². The van der Waals surface area contributed by atoms with Gasteiger partial charge in [0.05, 0.1) is 0 Å². The van der Waals surface area contributed by atoms with Gasteiger partial charge in [-0.2, -0.15) is 0 Å². The summed E-state index contributed by atoms with van der Waals surface area (Å²) >= 11 is 5.45. The minimum absolute atomic E-state index is 0.0641. The van der Waals surface area contributed by atoms with Crippen LogP contribution in [0.25, 0.3) is 0 Å². The molecular formula is C29H44O3S2. The van der Waals surface area contributed by atoms with E-state index in [-0.39, 0.29) is 26.0 Å². The Morgan fingerprint density at radius 1 is 0.559 bits per heavy atom. The summed E-state index contributed by atoms with van der Waals surface area (Å²) in [5.74, 6) is 0.609. The van der Waals surface area contributed by atoms with Crippen molar-refractivity contribution >= 4 is 27.5 Å². The molecule has 3 nitrogen and oxygen atoms in total. The number of rotatable bonds is 2. The van der Waals surface area contributed by atoms with Gasteiger partial charge in [-0.25, -0.2) is 0 Å². The van der Waals surface area contributed by atoms with E-state index in [0.717, 1.165) is 32.0 Å². The molecule has 0 fully saturated rings. The Morgan fingerprint density at radius 3 is 0.912 bits per heavy atom. The highest BCUT2D eigenvalue weighted by Crippen LogP contribution is 2.53. The minimum Gasteiger partial charge on any atom is -0.507 e. The first-order chi connectivity index (χ1) is 15.1. The van der Waals surface area contributed by atoms with E-state index in [1.807, 2.05) is 24.3 Å². The molecule has 3 N–H and O–H groups in total. The van der Waals surface area contributed by atoms with Crippen LogP contribution in [0.2, 0.25) is 0 Å². The highest BCUT2D eigenvalue weighted by molar-refractivity contribution is 8.35. The van der Waals surface area contributed by atoms with E-state index < -0.39 is 10.9 Å². The second-order valence-electron chi connectivity index (χ2n) is 13.4. The van der Waals surface area contributed by atoms with Crippen LogP contribution in [0, 0.1) is 0 Å². The molecule has 2 aromatic rings. The van der Waals surface area contributed by atoms with Crippen molar-refractivity contribution in [2.75, 3.05) is 0 Å². The van der Waals surface area contributed by atoms with Crippen LogP contribution in [0.1, 0.15) is 105 Å². The Labute approximate surface area is 215 Å². The number of hydrogen-bond acceptors (Lipinski definition) is 3. The number of hydrogen-bond donors (Lipinski definition) is 4. The molecule has 0 spiro atoms. The largest absolute Gasteiger partial charge is 0.507 e. The van der Waals surface area contributed by atoms with Crippen molar-refractivity contribution in [3.05, 3.63) is 46.5 Å². The van der Waals surface area contributed by atoms with Gasteiger partial charge in [0, 0.05) is 22.3 Å². The Bertz CT molecular complexity index is 937. The molecule has 0 amide bonds. The predicted molar refractivity (Wildman–Crippen MR) is 152 cm³/mol. The van der Waals surface area contributed by atoms with Crippen molar-refractivity contribution in [3.8, 4) is 11.5 Å². The first kappa shape index (κ1) is 28.5. The molecule has 0 atom stereocenters. The van der Waals surface area contributed by atoms with E-state index in [2.05, 4.69) is 83.1 Å². The SMILES string of the molecule is CC(C)(C)c1cc([SH](C(O)=S)c2cc(C(C)(C)C)c(O)c(C(C)(C)C)c2)cc(C(C)(C)C)c1O. The zero-order valence-electron chi connectivity index (χ0n) is 23.0. The van der Waals surface area contributed by atoms with Gasteiger partial charge in [-0.15, -0.1) is 10.9 Å². The maximum absolute atomic E-state index is 11.2. The summed E-state index contributed by atoms with van der Waals surface area (Å²) in [6.45, 7) is 24.9. The Hall–Kier alpha value is -1.72. The number of aromatic hydroxyl groups is 2. The van der Waals surface area contributed by atoms with Crippen LogP contribution in [0.15, 0.2) is 34.1 Å². The molecule has 0 saturated heterocycles. The highest BCUT2D eigenvalue weighted by Gasteiger charge is 2.31. The second-order valence-corrected chi connectivity index (χ2v) is 16.2. The van der Waals surface area contributed by atoms with Crippen LogP contribution in [-0.4, -0.2) is 19.7 Å². The average Bonchev–Trinajstić information content (AvgIpc) is 2.59. The Morgan fingerprint density at radius 2 is 0.765 bits per heavy atom. The number of phenols is 2. The summed E-state index contributed by atoms with van der Waals surface area (Å²) < 4.78 is -0.0641. The first-order valence-corrected chi connectivity index (χ1v) is 13.6. The van der Waals surface area contributed by atoms with E-state index in [9.17, 15) is 15.3 Å². The van der Waals surface area contributed by atoms with Gasteiger partial charge < -0.3 is 15.3 Å². The Kier molecular flexibility index (Phi) is 7.59. The topological polar surface area (TPSA) is 60.7 Å². The molecule has 0 aliphatic carbocycles. The van der Waals surface area contributed by atoms with Gasteiger partial charge in [0.15, 0.2) is 0 Å². The third-order valence-corrected chi connectivity index (χ3v) is 8.61. The first-order valence-electron chi connectivity index (χ1n) is 11.9. The molecule has 2 rings (SSSR count). The fourth-order valence-corrected chi connectivity index (χ4v) is 6.56. The van der Waals surface area contributed by atoms with Gasteiger partial charge >= 0.3 is 0 Å². The fourth-order valence-electron chi connectivity index (χ4n) is 4.15. The number of aliphatic hydroxyl groups excluding tert-OH is 1. The summed E-state index contributed by atoms with van der Waals surface area (Å²) in [7, 11) is -1.42. The van der Waals surface area contributed by atoms with Gasteiger partial charge in [0.1, 0.15) is 11.5 Å². The fraction of sp³-hybridized carbons (Fsp3) is 0.552. The maximum atomic E-state index is 11.2. The summed E-state index contributed by atoms with van der Waals surface area (Å²) in [6, 6.07) is 8.00. The maximum Gasteiger partial charge on any atom is 0.205 e. The van der Waals surface area contributed by atoms with Crippen LogP contribution >= 0.6 is 23.1 Å². The molecule has 0 saturated carbocycles.